The number of benzene rings is 8. The van der Waals surface area contributed by atoms with E-state index in [2.05, 4.69) is 263 Å². The predicted octanol–water partition coefficient (Wildman–Crippen LogP) is 23.5. The van der Waals surface area contributed by atoms with Gasteiger partial charge in [-0.2, -0.15) is 0 Å². The zero-order chi connectivity index (χ0) is 72.3. The number of carbonyl (C=O) groups is 2. The number of fused-ring (bicyclic) bond motifs is 16. The molecule has 4 aliphatic heterocycles. The fourth-order valence-corrected chi connectivity index (χ4v) is 15.1. The van der Waals surface area contributed by atoms with Gasteiger partial charge in [-0.25, -0.2) is 29.5 Å². The monoisotopic (exact) mass is 1400 g/mol. The van der Waals surface area contributed by atoms with Crippen LogP contribution in [0.4, 0.5) is 0 Å². The lowest BCUT2D eigenvalue weighted by Gasteiger charge is -2.09. The standard InChI is InChI=1S/C96H70N8O4/c105-95(69-39-35-67(36-40-69)93-83-55-51-79(101-83)89(63-27-13-5-14-28-63)75-47-43-71(97-75)87(61-23-9-3-10-24-61)72-44-48-76(98-72)90(64-29-15-6-16-30-64)80-52-56-84(93)102-80)107-59-21-1-2-22-60-108-96(106)70-41-37-68(38-42-70)94-85-57-53-81(103-85)91(65-31-17-7-18-32-65)77-49-45-73(99-77)88(62-25-11-4-12-26-62)74-46-50-78(100-74)92(66-33-19-8-20-34-66)82-54-58-86(94)104-82/h3-20,23-58,97,99,102,104H,1-2,21-22,59-60H2. The molecule has 0 amide bonds. The Morgan fingerprint density at radius 1 is 0.213 bits per heavy atom. The molecule has 518 valence electrons. The zero-order valence-corrected chi connectivity index (χ0v) is 58.8. The normalized spacial score (nSPS) is 12.0. The third kappa shape index (κ3) is 13.1. The van der Waals surface area contributed by atoms with Crippen molar-refractivity contribution < 1.29 is 19.1 Å². The molecule has 0 atom stereocenters. The average molecular weight is 1400 g/mol. The Balaban J connectivity index is 0.576. The highest BCUT2D eigenvalue weighted by atomic mass is 16.5. The summed E-state index contributed by atoms with van der Waals surface area (Å²) in [6.07, 6.45) is 19.6. The maximum atomic E-state index is 13.7. The van der Waals surface area contributed by atoms with Crippen LogP contribution in [-0.2, 0) is 9.47 Å². The fraction of sp³-hybridized carbons (Fsp3) is 0.0625. The van der Waals surface area contributed by atoms with Crippen LogP contribution in [0.2, 0.25) is 0 Å². The molecule has 14 aromatic rings. The van der Waals surface area contributed by atoms with E-state index in [0.717, 1.165) is 192 Å². The molecule has 12 heteroatoms. The van der Waals surface area contributed by atoms with Crippen LogP contribution in [0.15, 0.2) is 279 Å². The average Bonchev–Trinajstić information content (AvgIpc) is 1.62. The topological polar surface area (TPSA) is 167 Å². The number of hydrogen-bond acceptors (Lipinski definition) is 8. The summed E-state index contributed by atoms with van der Waals surface area (Å²) in [7, 11) is 0. The predicted molar refractivity (Wildman–Crippen MR) is 440 cm³/mol. The van der Waals surface area contributed by atoms with Crippen molar-refractivity contribution >= 4 is 105 Å². The number of nitrogens with zero attached hydrogens (tertiary/aromatic N) is 4. The third-order valence-corrected chi connectivity index (χ3v) is 20.2. The highest BCUT2D eigenvalue weighted by Gasteiger charge is 2.23. The molecule has 8 aromatic carbocycles. The zero-order valence-electron chi connectivity index (χ0n) is 58.8. The van der Waals surface area contributed by atoms with Crippen LogP contribution in [-0.4, -0.2) is 65.0 Å². The van der Waals surface area contributed by atoms with E-state index >= 15 is 0 Å². The first-order chi connectivity index (χ1) is 53.4. The van der Waals surface area contributed by atoms with Crippen LogP contribution >= 0.6 is 0 Å². The summed E-state index contributed by atoms with van der Waals surface area (Å²) >= 11 is 0. The molecule has 4 aliphatic rings. The number of aromatic amines is 4. The second-order valence-electron chi connectivity index (χ2n) is 27.0. The Hall–Kier alpha value is -14.1. The van der Waals surface area contributed by atoms with E-state index in [1.54, 1.807) is 0 Å². The van der Waals surface area contributed by atoms with Crippen molar-refractivity contribution in [3.8, 4) is 89.0 Å². The first-order valence-corrected chi connectivity index (χ1v) is 36.6. The lowest BCUT2D eigenvalue weighted by molar-refractivity contribution is 0.0473. The van der Waals surface area contributed by atoms with Crippen molar-refractivity contribution in [2.75, 3.05) is 13.2 Å². The van der Waals surface area contributed by atoms with Gasteiger partial charge in [0.25, 0.3) is 0 Å². The SMILES string of the molecule is O=C(OCCCCCCOC(=O)c1ccc(-c2c3nc(c(-c4ccccc4)c4ccc([nH]4)c(-c4ccccc4)c4nc(c(-c5ccccc5)c5ccc2[nH]5)C=C4)C=C3)cc1)c1ccc(-c2c3nc(c(-c4ccccc4)c4ccc([nH]4)c(-c4ccccc4)c4nc(c(-c5ccccc5)c5ccc2[nH]5)C=C4)C=C3)cc1. The molecule has 0 fully saturated rings. The minimum Gasteiger partial charge on any atom is -0.462 e. The first kappa shape index (κ1) is 65.9. The van der Waals surface area contributed by atoms with E-state index in [0.29, 0.717) is 24.0 Å². The molecule has 0 aliphatic carbocycles. The highest BCUT2D eigenvalue weighted by Crippen LogP contribution is 2.42. The van der Waals surface area contributed by atoms with E-state index in [1.807, 2.05) is 84.9 Å². The summed E-state index contributed by atoms with van der Waals surface area (Å²) in [4.78, 5) is 64.5. The number of H-pyrrole nitrogens is 4. The number of ether oxygens (including phenoxy) is 2. The van der Waals surface area contributed by atoms with E-state index in [9.17, 15) is 9.59 Å². The molecule has 0 saturated carbocycles. The number of nitrogens with one attached hydrogen (secondary N) is 4. The van der Waals surface area contributed by atoms with Crippen LogP contribution in [0.1, 0.15) is 92.0 Å². The van der Waals surface area contributed by atoms with Gasteiger partial charge < -0.3 is 29.4 Å². The Morgan fingerprint density at radius 3 is 0.574 bits per heavy atom. The van der Waals surface area contributed by atoms with Crippen LogP contribution in [0.5, 0.6) is 0 Å². The van der Waals surface area contributed by atoms with Crippen molar-refractivity contribution in [1.82, 2.24) is 39.9 Å². The molecule has 0 saturated heterocycles. The molecule has 0 unspecified atom stereocenters. The Labute approximate surface area is 623 Å². The van der Waals surface area contributed by atoms with Crippen molar-refractivity contribution in [1.29, 1.82) is 0 Å². The van der Waals surface area contributed by atoms with Gasteiger partial charge in [0.1, 0.15) is 0 Å². The number of hydrogen-bond donors (Lipinski definition) is 4. The molecule has 0 radical (unpaired) electrons. The van der Waals surface area contributed by atoms with E-state index in [4.69, 9.17) is 29.4 Å². The van der Waals surface area contributed by atoms with Gasteiger partial charge in [-0.1, -0.05) is 206 Å². The molecular formula is C96H70N8O4. The minimum absolute atomic E-state index is 0.252. The van der Waals surface area contributed by atoms with Gasteiger partial charge in [-0.05, 0) is 192 Å². The van der Waals surface area contributed by atoms with Gasteiger partial charge in [0.15, 0.2) is 0 Å². The molecule has 12 nitrogen and oxygen atoms in total. The number of unbranched alkanes of at least 4 members (excludes halogenated alkanes) is 3. The summed E-state index contributed by atoms with van der Waals surface area (Å²) in [5.74, 6) is -0.803. The molecule has 18 rings (SSSR count). The molecule has 10 heterocycles. The van der Waals surface area contributed by atoms with Crippen LogP contribution < -0.4 is 0 Å². The van der Waals surface area contributed by atoms with Gasteiger partial charge in [0.2, 0.25) is 0 Å². The molecular weight excluding hydrogens is 1330 g/mol. The lowest BCUT2D eigenvalue weighted by atomic mass is 10.0. The maximum Gasteiger partial charge on any atom is 0.338 e. The fourth-order valence-electron chi connectivity index (χ4n) is 15.1. The molecule has 0 spiro atoms. The van der Waals surface area contributed by atoms with E-state index in [-0.39, 0.29) is 13.2 Å². The van der Waals surface area contributed by atoms with E-state index < -0.39 is 11.9 Å². The Morgan fingerprint density at radius 2 is 0.389 bits per heavy atom. The van der Waals surface area contributed by atoms with Gasteiger partial charge in [-0.15, -0.1) is 0 Å². The van der Waals surface area contributed by atoms with Gasteiger partial charge in [-0.3, -0.25) is 0 Å². The Bertz CT molecular complexity index is 5830. The number of esters is 2. The van der Waals surface area contributed by atoms with Crippen molar-refractivity contribution in [2.45, 2.75) is 25.7 Å². The van der Waals surface area contributed by atoms with Crippen molar-refractivity contribution in [3.63, 3.8) is 0 Å². The summed E-state index contributed by atoms with van der Waals surface area (Å²) in [5.41, 5.74) is 30.0. The maximum absolute atomic E-state index is 13.7. The molecule has 16 bridgehead atoms. The summed E-state index contributed by atoms with van der Waals surface area (Å²) < 4.78 is 11.7. The summed E-state index contributed by atoms with van der Waals surface area (Å²) in [5, 5.41) is 0. The molecule has 4 N–H and O–H groups in total. The largest absolute Gasteiger partial charge is 0.462 e. The van der Waals surface area contributed by atoms with Crippen LogP contribution in [0.3, 0.4) is 0 Å². The van der Waals surface area contributed by atoms with Crippen LogP contribution in [0, 0.1) is 0 Å². The number of rotatable bonds is 17. The van der Waals surface area contributed by atoms with Gasteiger partial charge in [0.05, 0.1) is 69.9 Å². The van der Waals surface area contributed by atoms with Crippen LogP contribution in [0.25, 0.3) is 182 Å². The smallest absolute Gasteiger partial charge is 0.338 e. The highest BCUT2D eigenvalue weighted by molar-refractivity contribution is 6.04. The summed E-state index contributed by atoms with van der Waals surface area (Å²) in [6.45, 7) is 0.503. The third-order valence-electron chi connectivity index (χ3n) is 20.2. The number of carbonyl (C=O) groups excluding carboxylic acids is 2. The number of aromatic nitrogens is 8. The second-order valence-corrected chi connectivity index (χ2v) is 27.0. The van der Waals surface area contributed by atoms with Gasteiger partial charge >= 0.3 is 11.9 Å². The Kier molecular flexibility index (Phi) is 17.8. The molecule has 6 aromatic heterocycles. The minimum atomic E-state index is -0.402. The second kappa shape index (κ2) is 29.2. The quantitative estimate of drug-likeness (QED) is 0.0516. The lowest BCUT2D eigenvalue weighted by Crippen LogP contribution is -2.07. The summed E-state index contributed by atoms with van der Waals surface area (Å²) in [6, 6.07) is 94.4. The first-order valence-electron chi connectivity index (χ1n) is 36.6. The molecule has 108 heavy (non-hydrogen) atoms. The van der Waals surface area contributed by atoms with E-state index in [1.165, 1.54) is 0 Å². The van der Waals surface area contributed by atoms with Gasteiger partial charge in [0, 0.05) is 88.6 Å². The van der Waals surface area contributed by atoms with Crippen molar-refractivity contribution in [3.05, 3.63) is 336 Å². The van der Waals surface area contributed by atoms with Crippen molar-refractivity contribution in [2.24, 2.45) is 0 Å².